The second kappa shape index (κ2) is 3.47. The van der Waals surface area contributed by atoms with Crippen molar-refractivity contribution in [1.82, 2.24) is 0 Å². The number of hydrogen-bond donors (Lipinski definition) is 0. The molecule has 2 rings (SSSR count). The van der Waals surface area contributed by atoms with Crippen molar-refractivity contribution < 1.29 is 0 Å². The van der Waals surface area contributed by atoms with E-state index in [-0.39, 0.29) is 0 Å². The fraction of sp³-hybridized carbons (Fsp3) is 0.333. The summed E-state index contributed by atoms with van der Waals surface area (Å²) in [4.78, 5) is 0. The highest BCUT2D eigenvalue weighted by Crippen LogP contribution is 2.61. The third-order valence-electron chi connectivity index (χ3n) is 2.44. The molecule has 0 heterocycles. The van der Waals surface area contributed by atoms with Crippen LogP contribution in [0.1, 0.15) is 17.9 Å². The van der Waals surface area contributed by atoms with E-state index in [9.17, 15) is 0 Å². The summed E-state index contributed by atoms with van der Waals surface area (Å²) in [5.41, 5.74) is 1.64. The highest BCUT2D eigenvalue weighted by atomic mass is 35.8. The van der Waals surface area contributed by atoms with E-state index in [4.69, 9.17) is 33.2 Å². The summed E-state index contributed by atoms with van der Waals surface area (Å²) in [7, 11) is 0. The molecule has 1 fully saturated rings. The average Bonchev–Trinajstić information content (AvgIpc) is 2.83. The summed E-state index contributed by atoms with van der Waals surface area (Å²) >= 11 is 17.8. The summed E-state index contributed by atoms with van der Waals surface area (Å²) in [5.74, 6) is 0.500. The molecule has 0 aromatic heterocycles. The Bertz CT molecular complexity index is 293. The van der Waals surface area contributed by atoms with E-state index in [1.54, 1.807) is 0 Å². The van der Waals surface area contributed by atoms with Crippen LogP contribution in [0, 0.1) is 0 Å². The van der Waals surface area contributed by atoms with Gasteiger partial charge in [0.05, 0.1) is 0 Å². The fourth-order valence-electron chi connectivity index (χ4n) is 1.63. The molecule has 0 spiro atoms. The van der Waals surface area contributed by atoms with E-state index in [0.29, 0.717) is 11.5 Å². The van der Waals surface area contributed by atoms with Crippen LogP contribution >= 0.6 is 33.2 Å². The number of halogens is 3. The van der Waals surface area contributed by atoms with Gasteiger partial charge in [0.1, 0.15) is 0 Å². The molecule has 0 N–H and O–H groups in total. The summed E-state index contributed by atoms with van der Waals surface area (Å²) in [6.07, 6.45) is 1.05. The molecule has 0 radical (unpaired) electrons. The molecule has 0 saturated heterocycles. The maximum absolute atomic E-state index is 5.94. The van der Waals surface area contributed by atoms with Crippen LogP contribution in [0.5, 0.6) is 0 Å². The molecule has 1 aromatic rings. The van der Waals surface area contributed by atoms with Crippen molar-refractivity contribution in [2.75, 3.05) is 0 Å². The first-order valence-corrected chi connectivity index (χ1v) is 9.32. The molecule has 0 aliphatic heterocycles. The Morgan fingerprint density at radius 3 is 2.15 bits per heavy atom. The van der Waals surface area contributed by atoms with E-state index >= 15 is 0 Å². The predicted molar refractivity (Wildman–Crippen MR) is 60.9 cm³/mol. The minimum absolute atomic E-state index is 0.333. The first-order chi connectivity index (χ1) is 6.09. The van der Waals surface area contributed by atoms with Crippen LogP contribution in [0.15, 0.2) is 30.3 Å². The van der Waals surface area contributed by atoms with E-state index in [1.807, 2.05) is 18.2 Å². The van der Waals surface area contributed by atoms with E-state index < -0.39 is 6.00 Å². The molecule has 1 aliphatic rings. The number of benzene rings is 1. The summed E-state index contributed by atoms with van der Waals surface area (Å²) in [6.45, 7) is 0. The van der Waals surface area contributed by atoms with Gasteiger partial charge in [-0.1, -0.05) is 30.3 Å². The highest BCUT2D eigenvalue weighted by molar-refractivity contribution is 7.65. The Labute approximate surface area is 92.9 Å². The zero-order chi connectivity index (χ0) is 9.47. The molecule has 70 valence electrons. The summed E-state index contributed by atoms with van der Waals surface area (Å²) < 4.78 is 0. The predicted octanol–water partition coefficient (Wildman–Crippen LogP) is 4.20. The van der Waals surface area contributed by atoms with Crippen molar-refractivity contribution >= 4 is 39.2 Å². The molecule has 4 heteroatoms. The van der Waals surface area contributed by atoms with Crippen molar-refractivity contribution in [2.45, 2.75) is 17.9 Å². The lowest BCUT2D eigenvalue weighted by Crippen LogP contribution is -2.09. The van der Waals surface area contributed by atoms with Crippen molar-refractivity contribution in [2.24, 2.45) is 0 Å². The molecule has 1 aromatic carbocycles. The van der Waals surface area contributed by atoms with Gasteiger partial charge in [-0.3, -0.25) is 0 Å². The third kappa shape index (κ3) is 2.21. The van der Waals surface area contributed by atoms with E-state index in [0.717, 1.165) is 6.42 Å². The molecular formula is C9H9Cl3Si. The lowest BCUT2D eigenvalue weighted by atomic mass is 10.1. The monoisotopic (exact) mass is 250 g/mol. The molecular weight excluding hydrogens is 243 g/mol. The number of rotatable bonds is 2. The van der Waals surface area contributed by atoms with Crippen LogP contribution in [0.25, 0.3) is 0 Å². The van der Waals surface area contributed by atoms with Gasteiger partial charge >= 0.3 is 6.00 Å². The van der Waals surface area contributed by atoms with Gasteiger partial charge in [0, 0.05) is 5.54 Å². The lowest BCUT2D eigenvalue weighted by Gasteiger charge is -2.06. The van der Waals surface area contributed by atoms with Crippen molar-refractivity contribution in [1.29, 1.82) is 0 Å². The minimum Gasteiger partial charge on any atom is -0.126 e. The second-order valence-corrected chi connectivity index (χ2v) is 12.3. The van der Waals surface area contributed by atoms with Gasteiger partial charge in [-0.2, -0.15) is 0 Å². The summed E-state index contributed by atoms with van der Waals surface area (Å²) in [6, 6.07) is 7.83. The van der Waals surface area contributed by atoms with Gasteiger partial charge < -0.3 is 0 Å². The SMILES string of the molecule is Cl[Si](Cl)(Cl)C1CC1c1ccccc1. The quantitative estimate of drug-likeness (QED) is 0.546. The molecule has 1 saturated carbocycles. The van der Waals surface area contributed by atoms with Gasteiger partial charge in [-0.05, 0) is 17.9 Å². The van der Waals surface area contributed by atoms with Crippen LogP contribution in [-0.4, -0.2) is 6.00 Å². The lowest BCUT2D eigenvalue weighted by molar-refractivity contribution is 1.12. The normalized spacial score (nSPS) is 27.3. The molecule has 1 aliphatic carbocycles. The zero-order valence-electron chi connectivity index (χ0n) is 6.88. The second-order valence-electron chi connectivity index (χ2n) is 3.40. The summed E-state index contributed by atoms with van der Waals surface area (Å²) in [5, 5.41) is 0. The van der Waals surface area contributed by atoms with Gasteiger partial charge in [0.2, 0.25) is 0 Å². The third-order valence-corrected chi connectivity index (χ3v) is 6.44. The van der Waals surface area contributed by atoms with Crippen molar-refractivity contribution in [3.8, 4) is 0 Å². The highest BCUT2D eigenvalue weighted by Gasteiger charge is 2.53. The standard InChI is InChI=1S/C9H9Cl3Si/c10-13(11,12)9-6-8(9)7-4-2-1-3-5-7/h1-5,8-9H,6H2. The first-order valence-electron chi connectivity index (χ1n) is 4.20. The minimum atomic E-state index is -2.45. The van der Waals surface area contributed by atoms with Crippen LogP contribution in [0.4, 0.5) is 0 Å². The van der Waals surface area contributed by atoms with Crippen molar-refractivity contribution in [3.05, 3.63) is 35.9 Å². The Balaban J connectivity index is 2.09. The molecule has 2 atom stereocenters. The van der Waals surface area contributed by atoms with Gasteiger partial charge in [-0.15, -0.1) is 33.2 Å². The Morgan fingerprint density at radius 2 is 1.69 bits per heavy atom. The van der Waals surface area contributed by atoms with Crippen LogP contribution in [0.3, 0.4) is 0 Å². The molecule has 2 unspecified atom stereocenters. The maximum Gasteiger partial charge on any atom is 0.344 e. The molecule has 0 bridgehead atoms. The Kier molecular flexibility index (Phi) is 2.63. The van der Waals surface area contributed by atoms with E-state index in [1.165, 1.54) is 5.56 Å². The number of hydrogen-bond acceptors (Lipinski definition) is 0. The smallest absolute Gasteiger partial charge is 0.126 e. The zero-order valence-corrected chi connectivity index (χ0v) is 10.2. The van der Waals surface area contributed by atoms with Gasteiger partial charge in [0.15, 0.2) is 0 Å². The van der Waals surface area contributed by atoms with Crippen LogP contribution in [-0.2, 0) is 0 Å². The van der Waals surface area contributed by atoms with Crippen LogP contribution in [0.2, 0.25) is 5.54 Å². The van der Waals surface area contributed by atoms with Crippen LogP contribution < -0.4 is 0 Å². The average molecular weight is 252 g/mol. The molecule has 0 nitrogen and oxygen atoms in total. The van der Waals surface area contributed by atoms with E-state index in [2.05, 4.69) is 12.1 Å². The van der Waals surface area contributed by atoms with Crippen molar-refractivity contribution in [3.63, 3.8) is 0 Å². The van der Waals surface area contributed by atoms with Gasteiger partial charge in [0.25, 0.3) is 0 Å². The molecule has 0 amide bonds. The Hall–Kier alpha value is 0.307. The first kappa shape index (κ1) is 9.85. The van der Waals surface area contributed by atoms with Gasteiger partial charge in [-0.25, -0.2) is 0 Å². The maximum atomic E-state index is 5.94. The fourth-order valence-corrected chi connectivity index (χ4v) is 4.97. The molecule has 13 heavy (non-hydrogen) atoms. The Morgan fingerprint density at radius 1 is 1.08 bits per heavy atom. The largest absolute Gasteiger partial charge is 0.344 e. The topological polar surface area (TPSA) is 0 Å².